The standard InChI is InChI=1S/C22H25N3O3/c1-14(2)21(16-6-8-17(28-4)9-7-16)24-20(26)12-25-13-23-19-10-5-15(3)11-18(19)22(25)27/h5-11,13-14,21H,12H2,1-4H3,(H,24,26). The number of benzene rings is 2. The van der Waals surface area contributed by atoms with E-state index in [1.807, 2.05) is 57.2 Å². The largest absolute Gasteiger partial charge is 0.497 e. The number of aromatic nitrogens is 2. The monoisotopic (exact) mass is 379 g/mol. The highest BCUT2D eigenvalue weighted by molar-refractivity contribution is 5.79. The van der Waals surface area contributed by atoms with Crippen molar-refractivity contribution in [2.75, 3.05) is 7.11 Å². The number of amides is 1. The fourth-order valence-electron chi connectivity index (χ4n) is 3.21. The summed E-state index contributed by atoms with van der Waals surface area (Å²) in [5.41, 5.74) is 2.39. The molecule has 0 radical (unpaired) electrons. The van der Waals surface area contributed by atoms with E-state index in [2.05, 4.69) is 10.3 Å². The zero-order valence-electron chi connectivity index (χ0n) is 16.6. The van der Waals surface area contributed by atoms with Crippen LogP contribution in [0.1, 0.15) is 31.0 Å². The molecule has 2 aromatic carbocycles. The molecule has 0 bridgehead atoms. The predicted molar refractivity (Wildman–Crippen MR) is 109 cm³/mol. The number of nitrogens with zero attached hydrogens (tertiary/aromatic N) is 2. The summed E-state index contributed by atoms with van der Waals surface area (Å²) in [5, 5.41) is 3.56. The number of nitrogens with one attached hydrogen (secondary N) is 1. The van der Waals surface area contributed by atoms with E-state index in [1.165, 1.54) is 10.9 Å². The van der Waals surface area contributed by atoms with Gasteiger partial charge >= 0.3 is 0 Å². The maximum absolute atomic E-state index is 12.7. The van der Waals surface area contributed by atoms with Crippen LogP contribution < -0.4 is 15.6 Å². The molecule has 6 nitrogen and oxygen atoms in total. The maximum Gasteiger partial charge on any atom is 0.261 e. The van der Waals surface area contributed by atoms with Gasteiger partial charge in [-0.05, 0) is 42.7 Å². The van der Waals surface area contributed by atoms with Crippen molar-refractivity contribution >= 4 is 16.8 Å². The highest BCUT2D eigenvalue weighted by Gasteiger charge is 2.19. The van der Waals surface area contributed by atoms with Crippen LogP contribution in [0.4, 0.5) is 0 Å². The summed E-state index contributed by atoms with van der Waals surface area (Å²) in [6, 6.07) is 13.0. The SMILES string of the molecule is COc1ccc(C(NC(=O)Cn2cnc3ccc(C)cc3c2=O)C(C)C)cc1. The lowest BCUT2D eigenvalue weighted by atomic mass is 9.96. The summed E-state index contributed by atoms with van der Waals surface area (Å²) in [7, 11) is 1.62. The number of hydrogen-bond acceptors (Lipinski definition) is 4. The molecule has 0 aliphatic carbocycles. The summed E-state index contributed by atoms with van der Waals surface area (Å²) < 4.78 is 6.54. The van der Waals surface area contributed by atoms with Gasteiger partial charge in [0.25, 0.3) is 5.56 Å². The highest BCUT2D eigenvalue weighted by Crippen LogP contribution is 2.23. The Morgan fingerprint density at radius 2 is 1.89 bits per heavy atom. The van der Waals surface area contributed by atoms with Gasteiger partial charge in [0.2, 0.25) is 5.91 Å². The first kappa shape index (κ1) is 19.6. The Labute approximate surface area is 164 Å². The second kappa shape index (κ2) is 8.25. The van der Waals surface area contributed by atoms with Crippen LogP contribution in [0.3, 0.4) is 0 Å². The van der Waals surface area contributed by atoms with E-state index >= 15 is 0 Å². The van der Waals surface area contributed by atoms with Crippen molar-refractivity contribution in [1.82, 2.24) is 14.9 Å². The van der Waals surface area contributed by atoms with Crippen molar-refractivity contribution in [3.05, 3.63) is 70.3 Å². The van der Waals surface area contributed by atoms with Gasteiger partial charge < -0.3 is 10.1 Å². The van der Waals surface area contributed by atoms with Gasteiger partial charge in [-0.25, -0.2) is 4.98 Å². The lowest BCUT2D eigenvalue weighted by Crippen LogP contribution is -2.36. The fourth-order valence-corrected chi connectivity index (χ4v) is 3.21. The first-order valence-corrected chi connectivity index (χ1v) is 9.28. The Bertz CT molecular complexity index is 1040. The molecular weight excluding hydrogens is 354 g/mol. The number of aryl methyl sites for hydroxylation is 1. The van der Waals surface area contributed by atoms with Crippen molar-refractivity contribution in [2.24, 2.45) is 5.92 Å². The molecule has 1 N–H and O–H groups in total. The molecule has 1 atom stereocenters. The Kier molecular flexibility index (Phi) is 5.78. The van der Waals surface area contributed by atoms with E-state index in [4.69, 9.17) is 4.74 Å². The number of carbonyl (C=O) groups is 1. The molecule has 0 saturated heterocycles. The van der Waals surface area contributed by atoms with Gasteiger partial charge in [-0.2, -0.15) is 0 Å². The van der Waals surface area contributed by atoms with E-state index in [9.17, 15) is 9.59 Å². The van der Waals surface area contributed by atoms with Gasteiger partial charge in [0, 0.05) is 0 Å². The zero-order valence-corrected chi connectivity index (χ0v) is 16.6. The van der Waals surface area contributed by atoms with Gasteiger partial charge in [0.05, 0.1) is 30.4 Å². The molecule has 0 aliphatic heterocycles. The lowest BCUT2D eigenvalue weighted by Gasteiger charge is -2.23. The Morgan fingerprint density at radius 1 is 1.18 bits per heavy atom. The lowest BCUT2D eigenvalue weighted by molar-refractivity contribution is -0.122. The Balaban J connectivity index is 1.80. The summed E-state index contributed by atoms with van der Waals surface area (Å²) >= 11 is 0. The molecule has 1 heterocycles. The maximum atomic E-state index is 12.7. The average molecular weight is 379 g/mol. The normalized spacial score (nSPS) is 12.2. The Hall–Kier alpha value is -3.15. The summed E-state index contributed by atoms with van der Waals surface area (Å²) in [4.78, 5) is 29.7. The molecule has 146 valence electrons. The molecule has 6 heteroatoms. The van der Waals surface area contributed by atoms with E-state index < -0.39 is 0 Å². The molecule has 0 saturated carbocycles. The van der Waals surface area contributed by atoms with Crippen molar-refractivity contribution < 1.29 is 9.53 Å². The first-order chi connectivity index (χ1) is 13.4. The fraction of sp³-hybridized carbons (Fsp3) is 0.318. The number of hydrogen-bond donors (Lipinski definition) is 1. The second-order valence-corrected chi connectivity index (χ2v) is 7.26. The molecule has 1 aromatic heterocycles. The van der Waals surface area contributed by atoms with E-state index in [-0.39, 0.29) is 30.0 Å². The van der Waals surface area contributed by atoms with Crippen molar-refractivity contribution in [2.45, 2.75) is 33.4 Å². The smallest absolute Gasteiger partial charge is 0.261 e. The zero-order chi connectivity index (χ0) is 20.3. The number of carbonyl (C=O) groups excluding carboxylic acids is 1. The molecule has 1 amide bonds. The molecule has 0 fully saturated rings. The summed E-state index contributed by atoms with van der Waals surface area (Å²) in [6.07, 6.45) is 1.43. The number of methoxy groups -OCH3 is 1. The quantitative estimate of drug-likeness (QED) is 0.714. The molecule has 3 aromatic rings. The summed E-state index contributed by atoms with van der Waals surface area (Å²) in [5.74, 6) is 0.721. The van der Waals surface area contributed by atoms with Crippen molar-refractivity contribution in [1.29, 1.82) is 0 Å². The van der Waals surface area contributed by atoms with Crippen LogP contribution in [0, 0.1) is 12.8 Å². The minimum absolute atomic E-state index is 0.0743. The van der Waals surface area contributed by atoms with Gasteiger partial charge in [-0.3, -0.25) is 14.2 Å². The molecule has 3 rings (SSSR count). The number of ether oxygens (including phenoxy) is 1. The third-order valence-electron chi connectivity index (χ3n) is 4.75. The number of rotatable bonds is 6. The van der Waals surface area contributed by atoms with Crippen LogP contribution in [0.25, 0.3) is 10.9 Å². The second-order valence-electron chi connectivity index (χ2n) is 7.26. The first-order valence-electron chi connectivity index (χ1n) is 9.28. The topological polar surface area (TPSA) is 73.2 Å². The molecule has 28 heavy (non-hydrogen) atoms. The Morgan fingerprint density at radius 3 is 2.54 bits per heavy atom. The van der Waals surface area contributed by atoms with Gasteiger partial charge in [0.1, 0.15) is 12.3 Å². The summed E-state index contributed by atoms with van der Waals surface area (Å²) in [6.45, 7) is 5.93. The average Bonchev–Trinajstić information content (AvgIpc) is 2.68. The van der Waals surface area contributed by atoms with Crippen molar-refractivity contribution in [3.63, 3.8) is 0 Å². The molecule has 1 unspecified atom stereocenters. The van der Waals surface area contributed by atoms with Gasteiger partial charge in [-0.1, -0.05) is 37.6 Å². The van der Waals surface area contributed by atoms with E-state index in [0.717, 1.165) is 16.9 Å². The van der Waals surface area contributed by atoms with Crippen LogP contribution >= 0.6 is 0 Å². The predicted octanol–water partition coefficient (Wildman–Crippen LogP) is 3.23. The van der Waals surface area contributed by atoms with Crippen LogP contribution in [-0.2, 0) is 11.3 Å². The minimum atomic E-state index is -0.231. The van der Waals surface area contributed by atoms with Crippen LogP contribution in [0.2, 0.25) is 0 Å². The van der Waals surface area contributed by atoms with Gasteiger partial charge in [0.15, 0.2) is 0 Å². The molecular formula is C22H25N3O3. The molecule has 0 spiro atoms. The van der Waals surface area contributed by atoms with Crippen LogP contribution in [0.5, 0.6) is 5.75 Å². The van der Waals surface area contributed by atoms with Crippen LogP contribution in [-0.4, -0.2) is 22.6 Å². The molecule has 0 aliphatic rings. The van der Waals surface area contributed by atoms with Crippen molar-refractivity contribution in [3.8, 4) is 5.75 Å². The third kappa shape index (κ3) is 4.22. The minimum Gasteiger partial charge on any atom is -0.497 e. The van der Waals surface area contributed by atoms with Gasteiger partial charge in [-0.15, -0.1) is 0 Å². The van der Waals surface area contributed by atoms with E-state index in [0.29, 0.717) is 10.9 Å². The van der Waals surface area contributed by atoms with Crippen LogP contribution in [0.15, 0.2) is 53.6 Å². The number of fused-ring (bicyclic) bond motifs is 1. The third-order valence-corrected chi connectivity index (χ3v) is 4.75. The van der Waals surface area contributed by atoms with E-state index in [1.54, 1.807) is 13.2 Å². The highest BCUT2D eigenvalue weighted by atomic mass is 16.5.